The van der Waals surface area contributed by atoms with Crippen molar-refractivity contribution in [3.8, 4) is 5.75 Å². The minimum atomic E-state index is -0.284. The fourth-order valence-corrected chi connectivity index (χ4v) is 2.48. The molecule has 0 amide bonds. The van der Waals surface area contributed by atoms with Gasteiger partial charge in [-0.25, -0.2) is 4.39 Å². The van der Waals surface area contributed by atoms with E-state index >= 15 is 0 Å². The summed E-state index contributed by atoms with van der Waals surface area (Å²) in [6.07, 6.45) is 4.07. The summed E-state index contributed by atoms with van der Waals surface area (Å²) in [5, 5.41) is 0. The second kappa shape index (κ2) is 4.63. The van der Waals surface area contributed by atoms with Gasteiger partial charge in [0.15, 0.2) is 0 Å². The van der Waals surface area contributed by atoms with Gasteiger partial charge in [0, 0.05) is 36.0 Å². The first kappa shape index (κ1) is 12.1. The van der Waals surface area contributed by atoms with Crippen LogP contribution in [-0.2, 0) is 0 Å². The Bertz CT molecular complexity index is 615. The number of fused-ring (bicyclic) bond motifs is 1. The number of hydrogen-bond donors (Lipinski definition) is 1. The highest BCUT2D eigenvalue weighted by molar-refractivity contribution is 5.40. The molecule has 0 bridgehead atoms. The molecule has 0 fully saturated rings. The third kappa shape index (κ3) is 2.19. The molecule has 0 saturated carbocycles. The molecule has 2 atom stereocenters. The largest absolute Gasteiger partial charge is 0.485 e. The lowest BCUT2D eigenvalue weighted by Crippen LogP contribution is -2.24. The molecule has 3 nitrogen and oxygen atoms in total. The van der Waals surface area contributed by atoms with Crippen molar-refractivity contribution in [3.05, 3.63) is 59.2 Å². The van der Waals surface area contributed by atoms with Crippen LogP contribution in [0.1, 0.15) is 35.3 Å². The topological polar surface area (TPSA) is 48.1 Å². The molecule has 19 heavy (non-hydrogen) atoms. The summed E-state index contributed by atoms with van der Waals surface area (Å²) in [5.74, 6) is 0.377. The Balaban J connectivity index is 1.97. The molecule has 98 valence electrons. The van der Waals surface area contributed by atoms with Crippen molar-refractivity contribution in [2.24, 2.45) is 5.73 Å². The van der Waals surface area contributed by atoms with E-state index < -0.39 is 0 Å². The molecule has 2 aromatic rings. The van der Waals surface area contributed by atoms with Crippen molar-refractivity contribution in [2.45, 2.75) is 25.5 Å². The predicted octanol–water partition coefficient (Wildman–Crippen LogP) is 3.05. The van der Waals surface area contributed by atoms with E-state index in [1.807, 2.05) is 13.0 Å². The number of pyridine rings is 1. The van der Waals surface area contributed by atoms with Gasteiger partial charge in [-0.05, 0) is 36.8 Å². The predicted molar refractivity (Wildman–Crippen MR) is 70.3 cm³/mol. The van der Waals surface area contributed by atoms with Crippen LogP contribution in [0.4, 0.5) is 4.39 Å². The zero-order valence-corrected chi connectivity index (χ0v) is 10.6. The summed E-state index contributed by atoms with van der Waals surface area (Å²) >= 11 is 0. The van der Waals surface area contributed by atoms with Gasteiger partial charge in [0.2, 0.25) is 0 Å². The van der Waals surface area contributed by atoms with Crippen LogP contribution < -0.4 is 10.5 Å². The maximum atomic E-state index is 13.2. The SMILES string of the molecule is Cc1ccncc1C1C[C@H](N)c2cc(F)ccc2O1. The summed E-state index contributed by atoms with van der Waals surface area (Å²) in [6, 6.07) is 6.22. The number of hydrogen-bond acceptors (Lipinski definition) is 3. The summed E-state index contributed by atoms with van der Waals surface area (Å²) < 4.78 is 19.2. The Morgan fingerprint density at radius 2 is 2.16 bits per heavy atom. The second-order valence-corrected chi connectivity index (χ2v) is 4.86. The molecule has 3 rings (SSSR count). The van der Waals surface area contributed by atoms with Crippen LogP contribution >= 0.6 is 0 Å². The van der Waals surface area contributed by atoms with Crippen LogP contribution in [-0.4, -0.2) is 4.98 Å². The zero-order valence-electron chi connectivity index (χ0n) is 10.6. The van der Waals surface area contributed by atoms with E-state index in [9.17, 15) is 4.39 Å². The van der Waals surface area contributed by atoms with Gasteiger partial charge in [-0.1, -0.05) is 0 Å². The minimum Gasteiger partial charge on any atom is -0.485 e. The van der Waals surface area contributed by atoms with E-state index in [-0.39, 0.29) is 18.0 Å². The number of benzene rings is 1. The molecular weight excluding hydrogens is 243 g/mol. The smallest absolute Gasteiger partial charge is 0.127 e. The fraction of sp³-hybridized carbons (Fsp3) is 0.267. The van der Waals surface area contributed by atoms with Crippen LogP contribution in [0.2, 0.25) is 0 Å². The number of aryl methyl sites for hydroxylation is 1. The quantitative estimate of drug-likeness (QED) is 0.855. The van der Waals surface area contributed by atoms with Crippen molar-refractivity contribution in [1.29, 1.82) is 0 Å². The Hall–Kier alpha value is -1.94. The van der Waals surface area contributed by atoms with Crippen LogP contribution in [0.25, 0.3) is 0 Å². The van der Waals surface area contributed by atoms with E-state index in [1.165, 1.54) is 12.1 Å². The number of aromatic nitrogens is 1. The molecule has 0 aliphatic carbocycles. The van der Waals surface area contributed by atoms with Gasteiger partial charge in [0.05, 0.1) is 0 Å². The molecule has 1 aromatic heterocycles. The van der Waals surface area contributed by atoms with Crippen LogP contribution in [0.15, 0.2) is 36.7 Å². The molecule has 1 aliphatic heterocycles. The van der Waals surface area contributed by atoms with Gasteiger partial charge >= 0.3 is 0 Å². The summed E-state index contributed by atoms with van der Waals surface area (Å²) in [6.45, 7) is 2.02. The van der Waals surface area contributed by atoms with Gasteiger partial charge in [0.1, 0.15) is 17.7 Å². The van der Waals surface area contributed by atoms with Gasteiger partial charge in [0.25, 0.3) is 0 Å². The summed E-state index contributed by atoms with van der Waals surface area (Å²) in [7, 11) is 0. The lowest BCUT2D eigenvalue weighted by molar-refractivity contribution is 0.160. The maximum absolute atomic E-state index is 13.2. The molecule has 4 heteroatoms. The molecular formula is C15H15FN2O. The standard InChI is InChI=1S/C15H15FN2O/c1-9-4-5-18-8-12(9)15-7-13(17)11-6-10(16)2-3-14(11)19-15/h2-6,8,13,15H,7,17H2,1H3/t13-,15?/m0/s1. The highest BCUT2D eigenvalue weighted by Gasteiger charge is 2.28. The van der Waals surface area contributed by atoms with Crippen molar-refractivity contribution in [2.75, 3.05) is 0 Å². The average molecular weight is 258 g/mol. The van der Waals surface area contributed by atoms with Crippen molar-refractivity contribution >= 4 is 0 Å². The lowest BCUT2D eigenvalue weighted by Gasteiger charge is -2.31. The molecule has 1 aromatic carbocycles. The average Bonchev–Trinajstić information content (AvgIpc) is 2.40. The molecule has 2 N–H and O–H groups in total. The number of nitrogens with zero attached hydrogens (tertiary/aromatic N) is 1. The van der Waals surface area contributed by atoms with E-state index in [1.54, 1.807) is 18.5 Å². The van der Waals surface area contributed by atoms with Crippen LogP contribution in [0, 0.1) is 12.7 Å². The van der Waals surface area contributed by atoms with E-state index in [0.717, 1.165) is 16.7 Å². The van der Waals surface area contributed by atoms with Gasteiger partial charge in [-0.15, -0.1) is 0 Å². The Morgan fingerprint density at radius 1 is 1.32 bits per heavy atom. The van der Waals surface area contributed by atoms with Gasteiger partial charge in [-0.3, -0.25) is 4.98 Å². The number of ether oxygens (including phenoxy) is 1. The first-order valence-corrected chi connectivity index (χ1v) is 6.27. The fourth-order valence-electron chi connectivity index (χ4n) is 2.48. The van der Waals surface area contributed by atoms with E-state index in [2.05, 4.69) is 4.98 Å². The minimum absolute atomic E-state index is 0.123. The Labute approximate surface area is 111 Å². The normalized spacial score (nSPS) is 21.6. The highest BCUT2D eigenvalue weighted by atomic mass is 19.1. The summed E-state index contributed by atoms with van der Waals surface area (Å²) in [5.41, 5.74) is 9.02. The maximum Gasteiger partial charge on any atom is 0.127 e. The number of halogens is 1. The first-order chi connectivity index (χ1) is 9.15. The van der Waals surface area contributed by atoms with Gasteiger partial charge in [-0.2, -0.15) is 0 Å². The molecule has 0 spiro atoms. The third-order valence-electron chi connectivity index (χ3n) is 3.53. The van der Waals surface area contributed by atoms with Crippen molar-refractivity contribution < 1.29 is 9.13 Å². The monoisotopic (exact) mass is 258 g/mol. The van der Waals surface area contributed by atoms with Crippen LogP contribution in [0.3, 0.4) is 0 Å². The number of rotatable bonds is 1. The van der Waals surface area contributed by atoms with Gasteiger partial charge < -0.3 is 10.5 Å². The molecule has 1 unspecified atom stereocenters. The molecule has 0 saturated heterocycles. The second-order valence-electron chi connectivity index (χ2n) is 4.86. The van der Waals surface area contributed by atoms with E-state index in [4.69, 9.17) is 10.5 Å². The van der Waals surface area contributed by atoms with Crippen molar-refractivity contribution in [1.82, 2.24) is 4.98 Å². The van der Waals surface area contributed by atoms with E-state index in [0.29, 0.717) is 12.2 Å². The first-order valence-electron chi connectivity index (χ1n) is 6.27. The molecule has 0 radical (unpaired) electrons. The summed E-state index contributed by atoms with van der Waals surface area (Å²) in [4.78, 5) is 4.14. The molecule has 2 heterocycles. The van der Waals surface area contributed by atoms with Crippen molar-refractivity contribution in [3.63, 3.8) is 0 Å². The highest BCUT2D eigenvalue weighted by Crippen LogP contribution is 2.40. The number of nitrogens with two attached hydrogens (primary N) is 1. The zero-order chi connectivity index (χ0) is 13.4. The third-order valence-corrected chi connectivity index (χ3v) is 3.53. The van der Waals surface area contributed by atoms with Crippen LogP contribution in [0.5, 0.6) is 5.75 Å². The lowest BCUT2D eigenvalue weighted by atomic mass is 9.92. The Morgan fingerprint density at radius 3 is 2.95 bits per heavy atom. The Kier molecular flexibility index (Phi) is 2.95. The molecule has 1 aliphatic rings.